The Labute approximate surface area is 210 Å². The Balaban J connectivity index is 0.00000289. The van der Waals surface area contributed by atoms with Crippen molar-refractivity contribution in [1.29, 1.82) is 0 Å². The minimum absolute atomic E-state index is 0. The average molecular weight is 561 g/mol. The molecule has 1 amide bonds. The lowest BCUT2D eigenvalue weighted by Gasteiger charge is -2.26. The number of para-hydroxylation sites is 1. The minimum Gasteiger partial charge on any atom is -0.356 e. The van der Waals surface area contributed by atoms with Crippen molar-refractivity contribution >= 4 is 52.9 Å². The Morgan fingerprint density at radius 3 is 2.75 bits per heavy atom. The number of benzene rings is 2. The van der Waals surface area contributed by atoms with Crippen LogP contribution in [0.15, 0.2) is 58.9 Å². The van der Waals surface area contributed by atoms with E-state index in [1.54, 1.807) is 18.4 Å². The monoisotopic (exact) mass is 561 g/mol. The van der Waals surface area contributed by atoms with Gasteiger partial charge in [-0.15, -0.1) is 35.3 Å². The van der Waals surface area contributed by atoms with Crippen molar-refractivity contribution in [1.82, 2.24) is 15.6 Å². The lowest BCUT2D eigenvalue weighted by atomic mass is 9.90. The summed E-state index contributed by atoms with van der Waals surface area (Å²) in [5.74, 6) is 0.915. The molecule has 0 saturated heterocycles. The van der Waals surface area contributed by atoms with Crippen molar-refractivity contribution in [3.05, 3.63) is 70.7 Å². The number of halogens is 1. The predicted octanol–water partition coefficient (Wildman–Crippen LogP) is 4.57. The third-order valence-electron chi connectivity index (χ3n) is 5.37. The second-order valence-electron chi connectivity index (χ2n) is 7.68. The maximum Gasteiger partial charge on any atom is 0.225 e. The fourth-order valence-corrected chi connectivity index (χ4v) is 4.54. The third-order valence-corrected chi connectivity index (χ3v) is 6.31. The molecule has 4 rings (SSSR count). The number of thiazole rings is 1. The van der Waals surface area contributed by atoms with Gasteiger partial charge in [-0.05, 0) is 18.6 Å². The van der Waals surface area contributed by atoms with Crippen molar-refractivity contribution in [2.75, 3.05) is 25.5 Å². The summed E-state index contributed by atoms with van der Waals surface area (Å²) in [5.41, 5.74) is 5.55. The first-order valence-electron chi connectivity index (χ1n) is 10.5. The highest BCUT2D eigenvalue weighted by molar-refractivity contribution is 14.0. The van der Waals surface area contributed by atoms with Gasteiger partial charge in [0.2, 0.25) is 5.91 Å². The van der Waals surface area contributed by atoms with Crippen LogP contribution >= 0.6 is 35.3 Å². The number of aromatic nitrogens is 1. The Morgan fingerprint density at radius 1 is 1.19 bits per heavy atom. The summed E-state index contributed by atoms with van der Waals surface area (Å²) >= 11 is 1.67. The zero-order valence-electron chi connectivity index (χ0n) is 18.2. The molecule has 0 spiro atoms. The van der Waals surface area contributed by atoms with Gasteiger partial charge in [0.25, 0.3) is 0 Å². The van der Waals surface area contributed by atoms with Crippen molar-refractivity contribution in [3.8, 4) is 10.6 Å². The number of aliphatic imine (C=N–C) groups is 1. The van der Waals surface area contributed by atoms with Crippen LogP contribution in [0.5, 0.6) is 0 Å². The lowest BCUT2D eigenvalue weighted by Crippen LogP contribution is -2.41. The molecule has 0 fully saturated rings. The van der Waals surface area contributed by atoms with Crippen LogP contribution in [0.3, 0.4) is 0 Å². The van der Waals surface area contributed by atoms with E-state index in [1.807, 2.05) is 18.2 Å². The number of anilines is 1. The van der Waals surface area contributed by atoms with Gasteiger partial charge in [0.1, 0.15) is 5.01 Å². The summed E-state index contributed by atoms with van der Waals surface area (Å²) < 4.78 is 0. The first-order chi connectivity index (χ1) is 15.1. The molecule has 168 valence electrons. The Morgan fingerprint density at radius 2 is 1.97 bits per heavy atom. The Hall–Kier alpha value is -2.46. The highest BCUT2D eigenvalue weighted by Crippen LogP contribution is 2.31. The number of carbonyl (C=O) groups excluding carboxylic acids is 1. The average Bonchev–Trinajstić information content (AvgIpc) is 3.25. The molecule has 0 saturated carbocycles. The van der Waals surface area contributed by atoms with Crippen molar-refractivity contribution in [3.63, 3.8) is 0 Å². The maximum atomic E-state index is 12.0. The van der Waals surface area contributed by atoms with E-state index < -0.39 is 0 Å². The van der Waals surface area contributed by atoms with E-state index in [1.165, 1.54) is 5.56 Å². The number of carbonyl (C=O) groups is 1. The number of amides is 1. The quantitative estimate of drug-likeness (QED) is 0.234. The zero-order valence-corrected chi connectivity index (χ0v) is 21.4. The standard InChI is InChI=1S/C24H27N5OS.HI/c1-16-7-9-17(10-8-16)23-28-19(15-31-23)11-12-26-24(25-2)27-14-18-13-22(30)29-21-6-4-3-5-20(18)21;/h3-10,15,18H,11-14H2,1-2H3,(H,29,30)(H2,25,26,27);1H. The number of hydrogen-bond donors (Lipinski definition) is 3. The SMILES string of the molecule is CN=C(NCCc1csc(-c2ccc(C)cc2)n1)NCC1CC(=O)Nc2ccccc21.I. The zero-order chi connectivity index (χ0) is 21.6. The van der Waals surface area contributed by atoms with Crippen LogP contribution in [-0.4, -0.2) is 37.0 Å². The molecule has 3 N–H and O–H groups in total. The van der Waals surface area contributed by atoms with E-state index in [-0.39, 0.29) is 35.8 Å². The van der Waals surface area contributed by atoms with E-state index in [4.69, 9.17) is 4.98 Å². The number of fused-ring (bicyclic) bond motifs is 1. The van der Waals surface area contributed by atoms with Gasteiger partial charge >= 0.3 is 0 Å². The molecule has 0 bridgehead atoms. The topological polar surface area (TPSA) is 78.4 Å². The van der Waals surface area contributed by atoms with Gasteiger partial charge in [-0.2, -0.15) is 0 Å². The van der Waals surface area contributed by atoms with Gasteiger partial charge in [-0.1, -0.05) is 48.0 Å². The van der Waals surface area contributed by atoms with Crippen LogP contribution in [0.4, 0.5) is 5.69 Å². The molecule has 32 heavy (non-hydrogen) atoms. The minimum atomic E-state index is 0. The molecular weight excluding hydrogens is 533 g/mol. The molecule has 2 aromatic carbocycles. The number of nitrogens with zero attached hydrogens (tertiary/aromatic N) is 2. The summed E-state index contributed by atoms with van der Waals surface area (Å²) in [6.07, 6.45) is 1.29. The van der Waals surface area contributed by atoms with Gasteiger partial charge in [-0.25, -0.2) is 4.98 Å². The van der Waals surface area contributed by atoms with E-state index in [0.717, 1.165) is 46.4 Å². The molecule has 1 aliphatic heterocycles. The Bertz CT molecular complexity index is 1080. The van der Waals surface area contributed by atoms with Crippen LogP contribution in [-0.2, 0) is 11.2 Å². The Kier molecular flexibility index (Phi) is 8.63. The summed E-state index contributed by atoms with van der Waals surface area (Å²) in [5, 5.41) is 12.8. The van der Waals surface area contributed by atoms with E-state index in [2.05, 4.69) is 63.6 Å². The van der Waals surface area contributed by atoms with Gasteiger partial charge in [0.05, 0.1) is 5.69 Å². The molecule has 1 atom stereocenters. The van der Waals surface area contributed by atoms with Crippen LogP contribution in [0.25, 0.3) is 10.6 Å². The molecule has 1 aliphatic rings. The first kappa shape index (κ1) is 24.2. The van der Waals surface area contributed by atoms with Crippen molar-refractivity contribution in [2.24, 2.45) is 4.99 Å². The van der Waals surface area contributed by atoms with E-state index in [9.17, 15) is 4.79 Å². The number of hydrogen-bond acceptors (Lipinski definition) is 4. The summed E-state index contributed by atoms with van der Waals surface area (Å²) in [6.45, 7) is 3.47. The molecule has 8 heteroatoms. The molecule has 1 unspecified atom stereocenters. The molecular formula is C24H28IN5OS. The summed E-state index contributed by atoms with van der Waals surface area (Å²) in [4.78, 5) is 21.1. The van der Waals surface area contributed by atoms with Crippen molar-refractivity contribution < 1.29 is 4.79 Å². The number of aryl methyl sites for hydroxylation is 1. The molecule has 1 aromatic heterocycles. The van der Waals surface area contributed by atoms with Gasteiger partial charge in [-0.3, -0.25) is 9.79 Å². The maximum absolute atomic E-state index is 12.0. The van der Waals surface area contributed by atoms with Crippen LogP contribution in [0.1, 0.15) is 29.2 Å². The van der Waals surface area contributed by atoms with Gasteiger partial charge in [0.15, 0.2) is 5.96 Å². The molecule has 0 radical (unpaired) electrons. The van der Waals surface area contributed by atoms with Crippen LogP contribution in [0, 0.1) is 6.92 Å². The number of nitrogens with one attached hydrogen (secondary N) is 3. The number of rotatable bonds is 6. The smallest absolute Gasteiger partial charge is 0.225 e. The summed E-state index contributed by atoms with van der Waals surface area (Å²) in [7, 11) is 1.76. The van der Waals surface area contributed by atoms with Gasteiger partial charge in [0, 0.05) is 55.5 Å². The molecule has 3 aromatic rings. The molecule has 2 heterocycles. The molecule has 0 aliphatic carbocycles. The third kappa shape index (κ3) is 6.07. The predicted molar refractivity (Wildman–Crippen MR) is 143 cm³/mol. The number of guanidine groups is 1. The second-order valence-corrected chi connectivity index (χ2v) is 8.53. The largest absolute Gasteiger partial charge is 0.356 e. The van der Waals surface area contributed by atoms with E-state index >= 15 is 0 Å². The lowest BCUT2D eigenvalue weighted by molar-refractivity contribution is -0.116. The summed E-state index contributed by atoms with van der Waals surface area (Å²) in [6, 6.07) is 16.4. The van der Waals surface area contributed by atoms with Gasteiger partial charge < -0.3 is 16.0 Å². The van der Waals surface area contributed by atoms with E-state index in [0.29, 0.717) is 13.0 Å². The fraction of sp³-hybridized carbons (Fsp3) is 0.292. The second kappa shape index (κ2) is 11.4. The highest BCUT2D eigenvalue weighted by Gasteiger charge is 2.24. The van der Waals surface area contributed by atoms with Crippen LogP contribution in [0.2, 0.25) is 0 Å². The highest BCUT2D eigenvalue weighted by atomic mass is 127. The molecule has 6 nitrogen and oxygen atoms in total. The van der Waals surface area contributed by atoms with Crippen molar-refractivity contribution in [2.45, 2.75) is 25.7 Å². The fourth-order valence-electron chi connectivity index (χ4n) is 3.68. The normalized spacial score (nSPS) is 15.4. The first-order valence-corrected chi connectivity index (χ1v) is 11.3. The van der Waals surface area contributed by atoms with Crippen LogP contribution < -0.4 is 16.0 Å².